The molecule has 84 valence electrons. The van der Waals surface area contributed by atoms with Crippen LogP contribution < -0.4 is 0 Å². The highest BCUT2D eigenvalue weighted by Gasteiger charge is 2.28. The number of fused-ring (bicyclic) bond motifs is 1. The van der Waals surface area contributed by atoms with E-state index in [1.54, 1.807) is 6.08 Å². The third-order valence-corrected chi connectivity index (χ3v) is 2.90. The zero-order valence-electron chi connectivity index (χ0n) is 9.25. The van der Waals surface area contributed by atoms with Crippen molar-refractivity contribution in [2.45, 2.75) is 6.10 Å². The van der Waals surface area contributed by atoms with E-state index >= 15 is 0 Å². The summed E-state index contributed by atoms with van der Waals surface area (Å²) in [6.07, 6.45) is 1.52. The fourth-order valence-corrected chi connectivity index (χ4v) is 2.05. The van der Waals surface area contributed by atoms with E-state index in [0.29, 0.717) is 5.76 Å². The van der Waals surface area contributed by atoms with Crippen LogP contribution >= 0.6 is 0 Å². The molecule has 1 aliphatic rings. The Hall–Kier alpha value is -2.22. The summed E-state index contributed by atoms with van der Waals surface area (Å²) in [5.41, 5.74) is 1.98. The zero-order valence-corrected chi connectivity index (χ0v) is 9.25. The second-order valence-electron chi connectivity index (χ2n) is 4.07. The molecule has 0 amide bonds. The smallest absolute Gasteiger partial charge is 0.268 e. The van der Waals surface area contributed by atoms with Gasteiger partial charge in [-0.15, -0.1) is 0 Å². The summed E-state index contributed by atoms with van der Waals surface area (Å²) in [6.45, 7) is 0. The van der Waals surface area contributed by atoms with Crippen LogP contribution in [0.15, 0.2) is 60.4 Å². The van der Waals surface area contributed by atoms with Gasteiger partial charge in [0.1, 0.15) is 0 Å². The summed E-state index contributed by atoms with van der Waals surface area (Å²) in [7, 11) is 0. The summed E-state index contributed by atoms with van der Waals surface area (Å²) in [5.74, 6) is 1.23. The van der Waals surface area contributed by atoms with Crippen molar-refractivity contribution in [1.29, 1.82) is 0 Å². The molecule has 3 rings (SSSR count). The minimum atomic E-state index is -0.272. The molecular weight excluding hydrogens is 212 g/mol. The van der Waals surface area contributed by atoms with E-state index in [9.17, 15) is 5.11 Å². The van der Waals surface area contributed by atoms with Gasteiger partial charge in [-0.1, -0.05) is 30.3 Å². The first-order valence-corrected chi connectivity index (χ1v) is 5.60. The first kappa shape index (κ1) is 9.97. The number of rotatable bonds is 1. The topological polar surface area (TPSA) is 33.0 Å². The molecule has 0 radical (unpaired) electrons. The summed E-state index contributed by atoms with van der Waals surface area (Å²) >= 11 is 0. The van der Waals surface area contributed by atoms with Gasteiger partial charge in [0.05, 0.1) is 11.1 Å². The second-order valence-corrected chi connectivity index (χ2v) is 4.07. The molecule has 2 nitrogen and oxygen atoms in total. The molecule has 1 heterocycles. The van der Waals surface area contributed by atoms with E-state index in [1.165, 1.54) is 0 Å². The van der Waals surface area contributed by atoms with Crippen LogP contribution in [0.4, 0.5) is 0 Å². The van der Waals surface area contributed by atoms with Crippen molar-refractivity contribution in [2.75, 3.05) is 0 Å². The van der Waals surface area contributed by atoms with Crippen LogP contribution in [0, 0.1) is 0 Å². The molecule has 2 heteroatoms. The van der Waals surface area contributed by atoms with Crippen molar-refractivity contribution >= 4 is 6.08 Å². The molecule has 0 aromatic heterocycles. The molecule has 0 saturated heterocycles. The monoisotopic (exact) mass is 225 g/mol. The van der Waals surface area contributed by atoms with Crippen molar-refractivity contribution in [3.05, 3.63) is 71.5 Å². The van der Waals surface area contributed by atoms with E-state index in [2.05, 4.69) is 4.74 Å². The molecule has 1 unspecified atom stereocenters. The van der Waals surface area contributed by atoms with E-state index in [-0.39, 0.29) is 6.10 Å². The molecular formula is C15H13O2+. The number of hydrogen-bond acceptors (Lipinski definition) is 1. The molecule has 1 aliphatic heterocycles. The minimum absolute atomic E-state index is 0.272. The van der Waals surface area contributed by atoms with Gasteiger partial charge in [0.2, 0.25) is 0 Å². The van der Waals surface area contributed by atoms with Crippen molar-refractivity contribution in [1.82, 2.24) is 0 Å². The van der Waals surface area contributed by atoms with Crippen LogP contribution in [-0.2, 0) is 0 Å². The molecule has 2 aromatic rings. The average Bonchev–Trinajstić information content (AvgIpc) is 2.39. The van der Waals surface area contributed by atoms with E-state index in [4.69, 9.17) is 0 Å². The number of aliphatic hydroxyl groups excluding tert-OH is 1. The lowest BCUT2D eigenvalue weighted by Gasteiger charge is -2.21. The van der Waals surface area contributed by atoms with Gasteiger partial charge in [-0.3, -0.25) is 0 Å². The van der Waals surface area contributed by atoms with Gasteiger partial charge >= 0.3 is 0 Å². The van der Waals surface area contributed by atoms with Crippen LogP contribution in [-0.4, -0.2) is 9.84 Å². The van der Waals surface area contributed by atoms with Crippen molar-refractivity contribution in [3.63, 3.8) is 0 Å². The van der Waals surface area contributed by atoms with Gasteiger partial charge in [-0.05, 0) is 18.2 Å². The molecule has 0 fully saturated rings. The highest BCUT2D eigenvalue weighted by atomic mass is 16.5. The van der Waals surface area contributed by atoms with Crippen LogP contribution in [0.2, 0.25) is 0 Å². The normalized spacial score (nSPS) is 17.9. The lowest BCUT2D eigenvalue weighted by molar-refractivity contribution is -0.0189. The first-order valence-electron chi connectivity index (χ1n) is 5.60. The number of ether oxygens (including phenoxy) is 1. The SMILES string of the molecule is OC1=Cc2ccccc2[OH+]C1c1ccccc1. The Labute approximate surface area is 99.8 Å². The molecule has 0 aliphatic carbocycles. The summed E-state index contributed by atoms with van der Waals surface area (Å²) in [6, 6.07) is 17.7. The van der Waals surface area contributed by atoms with Crippen LogP contribution in [0.3, 0.4) is 0 Å². The Bertz CT molecular complexity index is 558. The second kappa shape index (κ2) is 3.98. The van der Waals surface area contributed by atoms with Crippen LogP contribution in [0.1, 0.15) is 17.2 Å². The van der Waals surface area contributed by atoms with Gasteiger partial charge in [0.25, 0.3) is 11.9 Å². The number of benzene rings is 2. The summed E-state index contributed by atoms with van der Waals surface area (Å²) in [4.78, 5) is 0. The van der Waals surface area contributed by atoms with Gasteiger partial charge in [-0.25, -0.2) is 0 Å². The van der Waals surface area contributed by atoms with Crippen molar-refractivity contribution < 1.29 is 9.84 Å². The lowest BCUT2D eigenvalue weighted by Crippen LogP contribution is -2.11. The molecule has 2 aromatic carbocycles. The third-order valence-electron chi connectivity index (χ3n) is 2.90. The highest BCUT2D eigenvalue weighted by molar-refractivity contribution is 5.61. The highest BCUT2D eigenvalue weighted by Crippen LogP contribution is 2.36. The summed E-state index contributed by atoms with van der Waals surface area (Å²) in [5, 5.41) is 10.0. The van der Waals surface area contributed by atoms with Crippen LogP contribution in [0.5, 0.6) is 5.75 Å². The molecule has 17 heavy (non-hydrogen) atoms. The Kier molecular flexibility index (Phi) is 2.33. The summed E-state index contributed by atoms with van der Waals surface area (Å²) < 4.78 is 4.58. The quantitative estimate of drug-likeness (QED) is 0.739. The number of para-hydroxylation sites is 1. The molecule has 0 spiro atoms. The average molecular weight is 225 g/mol. The molecule has 0 saturated carbocycles. The van der Waals surface area contributed by atoms with Crippen molar-refractivity contribution in [2.24, 2.45) is 0 Å². The Balaban J connectivity index is 2.02. The largest absolute Gasteiger partial charge is 0.572 e. The predicted octanol–water partition coefficient (Wildman–Crippen LogP) is 3.58. The van der Waals surface area contributed by atoms with Gasteiger partial charge in [0, 0.05) is 12.1 Å². The Morgan fingerprint density at radius 3 is 2.41 bits per heavy atom. The predicted molar refractivity (Wildman–Crippen MR) is 67.9 cm³/mol. The molecule has 0 bridgehead atoms. The van der Waals surface area contributed by atoms with E-state index < -0.39 is 0 Å². The number of aromatic hydroxyl groups is 1. The van der Waals surface area contributed by atoms with Gasteiger partial charge in [0.15, 0.2) is 5.76 Å². The maximum atomic E-state index is 10.0. The number of aliphatic hydroxyl groups is 2. The minimum Gasteiger partial charge on any atom is -0.572 e. The standard InChI is InChI=1S/C15H12O2/c16-13-10-12-8-4-5-9-14(12)17-15(13)11-6-2-1-3-7-11/h1-10,15-16H/p+1. The van der Waals surface area contributed by atoms with E-state index in [0.717, 1.165) is 16.9 Å². The number of hydrogen-bond donors (Lipinski definition) is 1. The fourth-order valence-electron chi connectivity index (χ4n) is 2.05. The van der Waals surface area contributed by atoms with Crippen LogP contribution in [0.25, 0.3) is 6.08 Å². The Morgan fingerprint density at radius 1 is 0.882 bits per heavy atom. The van der Waals surface area contributed by atoms with Crippen molar-refractivity contribution in [3.8, 4) is 5.75 Å². The molecule has 2 N–H and O–H groups in total. The van der Waals surface area contributed by atoms with E-state index in [1.807, 2.05) is 54.6 Å². The van der Waals surface area contributed by atoms with Gasteiger partial charge in [-0.2, -0.15) is 0 Å². The Morgan fingerprint density at radius 2 is 1.59 bits per heavy atom. The van der Waals surface area contributed by atoms with Gasteiger partial charge < -0.3 is 9.84 Å². The maximum Gasteiger partial charge on any atom is 0.268 e. The third kappa shape index (κ3) is 1.78. The first-order chi connectivity index (χ1) is 8.34. The molecule has 1 atom stereocenters. The fraction of sp³-hybridized carbons (Fsp3) is 0.0667. The zero-order chi connectivity index (χ0) is 11.7. The maximum absolute atomic E-state index is 10.0. The lowest BCUT2D eigenvalue weighted by atomic mass is 10.0.